The van der Waals surface area contributed by atoms with E-state index in [2.05, 4.69) is 70.9 Å². The fraction of sp³-hybridized carbons (Fsp3) is 0.368. The number of non-ortho nitro benzene ring substituents is 1. The van der Waals surface area contributed by atoms with Gasteiger partial charge in [-0.2, -0.15) is 0 Å². The van der Waals surface area contributed by atoms with Gasteiger partial charge in [-0.25, -0.2) is 9.59 Å². The van der Waals surface area contributed by atoms with Gasteiger partial charge in [0.1, 0.15) is 5.60 Å². The monoisotopic (exact) mass is 639 g/mol. The van der Waals surface area contributed by atoms with E-state index in [1.165, 1.54) is 23.3 Å². The molecule has 0 saturated carbocycles. The number of benzene rings is 3. The number of ether oxygens (including phenoxy) is 2. The van der Waals surface area contributed by atoms with Crippen LogP contribution >= 0.6 is 0 Å². The third kappa shape index (κ3) is 9.86. The normalized spacial score (nSPS) is 18.0. The predicted octanol–water partition coefficient (Wildman–Crippen LogP) is 7.30. The minimum Gasteiger partial charge on any atom is -0.460 e. The summed E-state index contributed by atoms with van der Waals surface area (Å²) in [5.41, 5.74) is 4.59. The van der Waals surface area contributed by atoms with Crippen molar-refractivity contribution in [1.29, 1.82) is 0 Å². The van der Waals surface area contributed by atoms with E-state index >= 15 is 0 Å². The number of para-hydroxylation sites is 1. The lowest BCUT2D eigenvalue weighted by atomic mass is 9.88. The maximum absolute atomic E-state index is 13.3. The number of dihydropyridines is 1. The molecule has 0 spiro atoms. The van der Waals surface area contributed by atoms with Crippen LogP contribution in [0.1, 0.15) is 70.9 Å². The molecule has 2 aliphatic rings. The molecular weight excluding hydrogens is 594 g/mol. The Morgan fingerprint density at radius 1 is 0.872 bits per heavy atom. The number of allylic oxidation sites excluding steroid dienone is 2. The molecule has 1 N–H and O–H groups in total. The number of carbonyl (C=O) groups excluding carboxylic acids is 2. The van der Waals surface area contributed by atoms with Crippen LogP contribution in [-0.4, -0.2) is 53.1 Å². The standard InChI is InChI=1S/C32H40N2O4.C6H5NO2/c1-22(2)37-30(35)28-20-29(24(4)33-23(28)3)31(36)38-32(5)17-19-34(21-32)18-16-27(25-12-8-6-9-13-25)26-14-10-7-11-15-26;8-7(9)6-4-2-1-3-5-6/h6-15,22,27,33H,16-21H2,1-5H3;1-5H. The molecule has 0 aromatic heterocycles. The number of hydrogen-bond donors (Lipinski definition) is 1. The minimum atomic E-state index is -0.575. The molecule has 5 rings (SSSR count). The Kier molecular flexibility index (Phi) is 12.1. The average molecular weight is 640 g/mol. The average Bonchev–Trinajstić information content (AvgIpc) is 3.42. The number of rotatable bonds is 10. The van der Waals surface area contributed by atoms with Crippen LogP contribution in [0.25, 0.3) is 0 Å². The van der Waals surface area contributed by atoms with E-state index in [4.69, 9.17) is 9.47 Å². The lowest BCUT2D eigenvalue weighted by Gasteiger charge is -2.29. The van der Waals surface area contributed by atoms with Crippen molar-refractivity contribution >= 4 is 17.6 Å². The molecule has 2 aliphatic heterocycles. The third-order valence-electron chi connectivity index (χ3n) is 8.43. The molecule has 0 radical (unpaired) electrons. The number of esters is 2. The van der Waals surface area contributed by atoms with Crippen molar-refractivity contribution < 1.29 is 24.0 Å². The van der Waals surface area contributed by atoms with Crippen LogP contribution in [0.5, 0.6) is 0 Å². The first-order valence-corrected chi connectivity index (χ1v) is 16.1. The summed E-state index contributed by atoms with van der Waals surface area (Å²) in [5.74, 6) is -0.451. The first-order chi connectivity index (χ1) is 22.5. The maximum atomic E-state index is 13.3. The molecule has 1 fully saturated rings. The molecule has 248 valence electrons. The van der Waals surface area contributed by atoms with Gasteiger partial charge in [0, 0.05) is 55.4 Å². The van der Waals surface area contributed by atoms with Crippen molar-refractivity contribution in [1.82, 2.24) is 10.2 Å². The second-order valence-electron chi connectivity index (χ2n) is 12.6. The summed E-state index contributed by atoms with van der Waals surface area (Å²) in [6.07, 6.45) is 1.75. The van der Waals surface area contributed by atoms with E-state index in [9.17, 15) is 19.7 Å². The lowest BCUT2D eigenvalue weighted by molar-refractivity contribution is -0.384. The SMILES string of the molecule is CC1=C(C(=O)OC(C)C)CC(C(=O)OC2(C)CCN(CCC(c3ccccc3)c3ccccc3)C2)=C(C)N1.O=[N+]([O-])c1ccccc1. The van der Waals surface area contributed by atoms with Gasteiger partial charge in [0.25, 0.3) is 5.69 Å². The molecule has 2 heterocycles. The smallest absolute Gasteiger partial charge is 0.336 e. The van der Waals surface area contributed by atoms with Crippen LogP contribution in [-0.2, 0) is 19.1 Å². The van der Waals surface area contributed by atoms with E-state index < -0.39 is 16.5 Å². The van der Waals surface area contributed by atoms with Crippen molar-refractivity contribution in [3.05, 3.63) is 135 Å². The fourth-order valence-electron chi connectivity index (χ4n) is 5.95. The van der Waals surface area contributed by atoms with Crippen molar-refractivity contribution in [3.8, 4) is 0 Å². The molecular formula is C38H45N3O6. The summed E-state index contributed by atoms with van der Waals surface area (Å²) in [6, 6.07) is 29.2. The van der Waals surface area contributed by atoms with Gasteiger partial charge in [-0.05, 0) is 58.7 Å². The van der Waals surface area contributed by atoms with Crippen LogP contribution in [0.3, 0.4) is 0 Å². The Balaban J connectivity index is 0.000000479. The minimum absolute atomic E-state index is 0.137. The van der Waals surface area contributed by atoms with Gasteiger partial charge >= 0.3 is 11.9 Å². The summed E-state index contributed by atoms with van der Waals surface area (Å²) in [5, 5.41) is 13.2. The summed E-state index contributed by atoms with van der Waals surface area (Å²) >= 11 is 0. The lowest BCUT2D eigenvalue weighted by Crippen LogP contribution is -2.37. The quantitative estimate of drug-likeness (QED) is 0.140. The first kappa shape index (κ1) is 35.1. The van der Waals surface area contributed by atoms with Gasteiger partial charge in [0.05, 0.1) is 22.2 Å². The van der Waals surface area contributed by atoms with Crippen molar-refractivity contribution in [2.45, 2.75) is 71.5 Å². The van der Waals surface area contributed by atoms with Crippen LogP contribution in [0.4, 0.5) is 5.69 Å². The fourth-order valence-corrected chi connectivity index (χ4v) is 5.95. The van der Waals surface area contributed by atoms with Crippen molar-refractivity contribution in [2.24, 2.45) is 0 Å². The second-order valence-corrected chi connectivity index (χ2v) is 12.6. The van der Waals surface area contributed by atoms with Gasteiger partial charge in [0.15, 0.2) is 0 Å². The number of nitro groups is 1. The Hall–Kier alpha value is -4.76. The van der Waals surface area contributed by atoms with Crippen LogP contribution in [0.2, 0.25) is 0 Å². The topological polar surface area (TPSA) is 111 Å². The highest BCUT2D eigenvalue weighted by Gasteiger charge is 2.39. The number of hydrogen-bond acceptors (Lipinski definition) is 8. The van der Waals surface area contributed by atoms with Gasteiger partial charge in [0.2, 0.25) is 0 Å². The Labute approximate surface area is 277 Å². The number of nitrogens with zero attached hydrogens (tertiary/aromatic N) is 2. The van der Waals surface area contributed by atoms with E-state index in [1.54, 1.807) is 18.2 Å². The van der Waals surface area contributed by atoms with E-state index in [0.29, 0.717) is 29.3 Å². The highest BCUT2D eigenvalue weighted by atomic mass is 16.6. The molecule has 0 bridgehead atoms. The highest BCUT2D eigenvalue weighted by Crippen LogP contribution is 2.33. The van der Waals surface area contributed by atoms with E-state index in [-0.39, 0.29) is 24.2 Å². The molecule has 0 aliphatic carbocycles. The molecule has 9 heteroatoms. The number of likely N-dealkylation sites (tertiary alicyclic amines) is 1. The first-order valence-electron chi connectivity index (χ1n) is 16.1. The predicted molar refractivity (Wildman–Crippen MR) is 182 cm³/mol. The maximum Gasteiger partial charge on any atom is 0.336 e. The highest BCUT2D eigenvalue weighted by molar-refractivity contribution is 5.96. The van der Waals surface area contributed by atoms with Gasteiger partial charge in [-0.3, -0.25) is 15.0 Å². The van der Waals surface area contributed by atoms with Crippen LogP contribution < -0.4 is 5.32 Å². The van der Waals surface area contributed by atoms with Gasteiger partial charge < -0.3 is 14.8 Å². The zero-order chi connectivity index (χ0) is 34.0. The summed E-state index contributed by atoms with van der Waals surface area (Å²) in [6.45, 7) is 11.8. The summed E-state index contributed by atoms with van der Waals surface area (Å²) in [4.78, 5) is 37.9. The van der Waals surface area contributed by atoms with Gasteiger partial charge in [-0.1, -0.05) is 78.9 Å². The molecule has 3 aromatic rings. The Morgan fingerprint density at radius 2 is 1.38 bits per heavy atom. The second kappa shape index (κ2) is 16.2. The van der Waals surface area contributed by atoms with E-state index in [1.807, 2.05) is 34.6 Å². The third-order valence-corrected chi connectivity index (χ3v) is 8.43. The van der Waals surface area contributed by atoms with Gasteiger partial charge in [-0.15, -0.1) is 0 Å². The molecule has 47 heavy (non-hydrogen) atoms. The number of nitro benzene ring substituents is 1. The molecule has 3 aromatic carbocycles. The molecule has 1 saturated heterocycles. The molecule has 0 amide bonds. The summed E-state index contributed by atoms with van der Waals surface area (Å²) in [7, 11) is 0. The molecule has 1 unspecified atom stereocenters. The van der Waals surface area contributed by atoms with Crippen molar-refractivity contribution in [3.63, 3.8) is 0 Å². The van der Waals surface area contributed by atoms with Crippen molar-refractivity contribution in [2.75, 3.05) is 19.6 Å². The zero-order valence-corrected chi connectivity index (χ0v) is 27.9. The van der Waals surface area contributed by atoms with Crippen LogP contribution in [0.15, 0.2) is 114 Å². The van der Waals surface area contributed by atoms with Crippen LogP contribution in [0, 0.1) is 10.1 Å². The Morgan fingerprint density at radius 3 is 1.87 bits per heavy atom. The number of nitrogens with one attached hydrogen (secondary N) is 1. The van der Waals surface area contributed by atoms with E-state index in [0.717, 1.165) is 31.6 Å². The number of carbonyl (C=O) groups is 2. The Bertz CT molecular complexity index is 1550. The summed E-state index contributed by atoms with van der Waals surface area (Å²) < 4.78 is 11.5. The largest absolute Gasteiger partial charge is 0.460 e. The molecule has 1 atom stereocenters. The zero-order valence-electron chi connectivity index (χ0n) is 27.9. The molecule has 9 nitrogen and oxygen atoms in total.